The fourth-order valence-corrected chi connectivity index (χ4v) is 2.30. The van der Waals surface area contributed by atoms with Crippen molar-refractivity contribution < 1.29 is 0 Å². The Balaban J connectivity index is 2.49. The zero-order valence-electron chi connectivity index (χ0n) is 9.13. The van der Waals surface area contributed by atoms with Crippen molar-refractivity contribution in [2.75, 3.05) is 0 Å². The largest absolute Gasteiger partial charge is 0.294 e. The number of aryl methyl sites for hydroxylation is 2. The highest BCUT2D eigenvalue weighted by Crippen LogP contribution is 2.22. The van der Waals surface area contributed by atoms with Gasteiger partial charge in [0.15, 0.2) is 0 Å². The molecule has 0 atom stereocenters. The van der Waals surface area contributed by atoms with E-state index in [4.69, 9.17) is 0 Å². The highest BCUT2D eigenvalue weighted by molar-refractivity contribution is 9.10. The van der Waals surface area contributed by atoms with Gasteiger partial charge in [0.25, 0.3) is 0 Å². The lowest BCUT2D eigenvalue weighted by molar-refractivity contribution is 0.778. The lowest BCUT2D eigenvalue weighted by Crippen LogP contribution is -1.86. The number of unbranched alkanes of at least 4 members (excludes halogenated alkanes) is 1. The second-order valence-electron chi connectivity index (χ2n) is 3.84. The molecule has 0 saturated heterocycles. The summed E-state index contributed by atoms with van der Waals surface area (Å²) in [6, 6.07) is 4.15. The van der Waals surface area contributed by atoms with Gasteiger partial charge in [0, 0.05) is 6.20 Å². The molecule has 3 heteroatoms. The third-order valence-corrected chi connectivity index (χ3v) is 3.46. The van der Waals surface area contributed by atoms with Crippen LogP contribution in [0.5, 0.6) is 0 Å². The number of aromatic nitrogens is 2. The van der Waals surface area contributed by atoms with Crippen LogP contribution in [0.4, 0.5) is 0 Å². The van der Waals surface area contributed by atoms with Gasteiger partial charge in [-0.05, 0) is 47.3 Å². The average Bonchev–Trinajstić information content (AvgIpc) is 2.55. The van der Waals surface area contributed by atoms with Crippen LogP contribution in [-0.4, -0.2) is 9.38 Å². The number of hydrogen-bond acceptors (Lipinski definition) is 1. The zero-order valence-corrected chi connectivity index (χ0v) is 10.7. The van der Waals surface area contributed by atoms with Crippen LogP contribution in [0.25, 0.3) is 5.65 Å². The van der Waals surface area contributed by atoms with E-state index in [0.29, 0.717) is 0 Å². The smallest absolute Gasteiger partial charge is 0.140 e. The third-order valence-electron chi connectivity index (χ3n) is 2.62. The number of hydrogen-bond donors (Lipinski definition) is 0. The summed E-state index contributed by atoms with van der Waals surface area (Å²) in [6.07, 6.45) is 5.51. The van der Waals surface area contributed by atoms with E-state index in [2.05, 4.69) is 57.5 Å². The molecule has 2 heterocycles. The van der Waals surface area contributed by atoms with Crippen LogP contribution in [0.15, 0.2) is 22.9 Å². The Morgan fingerprint density at radius 1 is 1.47 bits per heavy atom. The number of halogens is 1. The minimum atomic E-state index is 1.05. The summed E-state index contributed by atoms with van der Waals surface area (Å²) in [7, 11) is 0. The molecule has 2 aromatic rings. The van der Waals surface area contributed by atoms with Gasteiger partial charge >= 0.3 is 0 Å². The molecule has 0 aliphatic heterocycles. The molecule has 0 saturated carbocycles. The molecule has 0 spiro atoms. The first kappa shape index (κ1) is 10.7. The summed E-state index contributed by atoms with van der Waals surface area (Å²) in [5.74, 6) is 0. The van der Waals surface area contributed by atoms with Crippen molar-refractivity contribution in [2.24, 2.45) is 0 Å². The molecule has 0 bridgehead atoms. The fourth-order valence-electron chi connectivity index (χ4n) is 1.73. The van der Waals surface area contributed by atoms with Gasteiger partial charge in [0.1, 0.15) is 10.3 Å². The highest BCUT2D eigenvalue weighted by atomic mass is 79.9. The zero-order chi connectivity index (χ0) is 10.8. The van der Waals surface area contributed by atoms with Crippen LogP contribution in [0.2, 0.25) is 0 Å². The van der Waals surface area contributed by atoms with E-state index in [1.807, 2.05) is 0 Å². The van der Waals surface area contributed by atoms with Crippen LogP contribution in [0, 0.1) is 6.92 Å². The van der Waals surface area contributed by atoms with Crippen LogP contribution in [0.1, 0.15) is 31.0 Å². The van der Waals surface area contributed by atoms with Gasteiger partial charge in [-0.15, -0.1) is 0 Å². The van der Waals surface area contributed by atoms with Crippen molar-refractivity contribution in [3.63, 3.8) is 0 Å². The molecule has 0 aliphatic carbocycles. The summed E-state index contributed by atoms with van der Waals surface area (Å²) < 4.78 is 3.22. The maximum Gasteiger partial charge on any atom is 0.140 e. The first-order valence-electron chi connectivity index (χ1n) is 5.36. The normalized spacial score (nSPS) is 11.1. The van der Waals surface area contributed by atoms with Crippen molar-refractivity contribution in [2.45, 2.75) is 33.1 Å². The van der Waals surface area contributed by atoms with E-state index in [9.17, 15) is 0 Å². The minimum absolute atomic E-state index is 1.05. The van der Waals surface area contributed by atoms with Crippen molar-refractivity contribution in [1.29, 1.82) is 0 Å². The van der Waals surface area contributed by atoms with E-state index >= 15 is 0 Å². The molecule has 0 radical (unpaired) electrons. The second-order valence-corrected chi connectivity index (χ2v) is 4.59. The van der Waals surface area contributed by atoms with Gasteiger partial charge in [-0.3, -0.25) is 4.40 Å². The van der Waals surface area contributed by atoms with E-state index in [1.165, 1.54) is 24.1 Å². The molecule has 80 valence electrons. The van der Waals surface area contributed by atoms with Gasteiger partial charge in [0.2, 0.25) is 0 Å². The number of imidazole rings is 1. The Labute approximate surface area is 98.5 Å². The van der Waals surface area contributed by atoms with Crippen LogP contribution in [0.3, 0.4) is 0 Å². The number of fused-ring (bicyclic) bond motifs is 1. The number of nitrogens with zero attached hydrogens (tertiary/aromatic N) is 2. The van der Waals surface area contributed by atoms with Crippen molar-refractivity contribution in [3.05, 3.63) is 34.2 Å². The summed E-state index contributed by atoms with van der Waals surface area (Å²) in [5.41, 5.74) is 3.46. The summed E-state index contributed by atoms with van der Waals surface area (Å²) in [4.78, 5) is 4.67. The maximum absolute atomic E-state index is 4.67. The lowest BCUT2D eigenvalue weighted by Gasteiger charge is -1.97. The standard InChI is InChI=1S/C12H15BrN2/c1-3-4-7-10-11(13)15-8-5-6-9(2)12(15)14-10/h5-6,8H,3-4,7H2,1-2H3. The van der Waals surface area contributed by atoms with E-state index in [0.717, 1.165) is 16.7 Å². The third kappa shape index (κ3) is 1.93. The fraction of sp³-hybridized carbons (Fsp3) is 0.417. The average molecular weight is 267 g/mol. The number of rotatable bonds is 3. The Bertz CT molecular complexity index is 474. The quantitative estimate of drug-likeness (QED) is 0.827. The van der Waals surface area contributed by atoms with Gasteiger partial charge in [-0.1, -0.05) is 19.4 Å². The molecule has 2 aromatic heterocycles. The molecule has 0 aromatic carbocycles. The maximum atomic E-state index is 4.67. The Morgan fingerprint density at radius 2 is 2.27 bits per heavy atom. The SMILES string of the molecule is CCCCc1nc2c(C)cccn2c1Br. The number of pyridine rings is 1. The topological polar surface area (TPSA) is 17.3 Å². The van der Waals surface area contributed by atoms with E-state index in [1.54, 1.807) is 0 Å². The van der Waals surface area contributed by atoms with E-state index in [-0.39, 0.29) is 0 Å². The van der Waals surface area contributed by atoms with Gasteiger partial charge in [0.05, 0.1) is 5.69 Å². The predicted octanol–water partition coefficient (Wildman–Crippen LogP) is 3.75. The summed E-state index contributed by atoms with van der Waals surface area (Å²) in [6.45, 7) is 4.30. The van der Waals surface area contributed by atoms with Gasteiger partial charge in [-0.25, -0.2) is 4.98 Å². The van der Waals surface area contributed by atoms with Crippen LogP contribution in [-0.2, 0) is 6.42 Å². The summed E-state index contributed by atoms with van der Waals surface area (Å²) >= 11 is 3.62. The van der Waals surface area contributed by atoms with Crippen molar-refractivity contribution >= 4 is 21.6 Å². The molecule has 2 rings (SSSR count). The van der Waals surface area contributed by atoms with Crippen LogP contribution >= 0.6 is 15.9 Å². The first-order chi connectivity index (χ1) is 7.24. The first-order valence-corrected chi connectivity index (χ1v) is 6.15. The van der Waals surface area contributed by atoms with Crippen molar-refractivity contribution in [3.8, 4) is 0 Å². The molecule has 2 nitrogen and oxygen atoms in total. The Morgan fingerprint density at radius 3 is 2.93 bits per heavy atom. The molecule has 15 heavy (non-hydrogen) atoms. The Hall–Kier alpha value is -0.830. The molecule has 0 aliphatic rings. The van der Waals surface area contributed by atoms with Gasteiger partial charge < -0.3 is 0 Å². The second kappa shape index (κ2) is 4.35. The molecule has 0 unspecified atom stereocenters. The monoisotopic (exact) mass is 266 g/mol. The summed E-state index contributed by atoms with van der Waals surface area (Å²) in [5, 5.41) is 0. The molecular weight excluding hydrogens is 252 g/mol. The predicted molar refractivity (Wildman–Crippen MR) is 66.2 cm³/mol. The molecular formula is C12H15BrN2. The highest BCUT2D eigenvalue weighted by Gasteiger charge is 2.09. The van der Waals surface area contributed by atoms with Crippen molar-refractivity contribution in [1.82, 2.24) is 9.38 Å². The minimum Gasteiger partial charge on any atom is -0.294 e. The molecule has 0 fully saturated rings. The van der Waals surface area contributed by atoms with E-state index < -0.39 is 0 Å². The van der Waals surface area contributed by atoms with Gasteiger partial charge in [-0.2, -0.15) is 0 Å². The Kier molecular flexibility index (Phi) is 3.10. The lowest BCUT2D eigenvalue weighted by atomic mass is 10.2. The molecule has 0 amide bonds. The molecule has 0 N–H and O–H groups in total. The van der Waals surface area contributed by atoms with Crippen LogP contribution < -0.4 is 0 Å².